The molecule has 0 saturated heterocycles. The summed E-state index contributed by atoms with van der Waals surface area (Å²) in [5.74, 6) is -0.198. The first-order chi connectivity index (χ1) is 7.00. The number of aliphatic hydroxyl groups excluding tert-OH is 1. The van der Waals surface area contributed by atoms with E-state index in [1.165, 1.54) is 0 Å². The van der Waals surface area contributed by atoms with E-state index in [-0.39, 0.29) is 12.5 Å². The van der Waals surface area contributed by atoms with Crippen LogP contribution < -0.4 is 5.32 Å². The maximum absolute atomic E-state index is 11.5. The molecule has 1 atom stereocenters. The van der Waals surface area contributed by atoms with Crippen molar-refractivity contribution in [3.8, 4) is 0 Å². The molecule has 0 aliphatic carbocycles. The Bertz CT molecular complexity index is 364. The van der Waals surface area contributed by atoms with Gasteiger partial charge in [0.2, 0.25) is 0 Å². The van der Waals surface area contributed by atoms with Crippen LogP contribution in [0.25, 0.3) is 0 Å². The van der Waals surface area contributed by atoms with Gasteiger partial charge in [0.25, 0.3) is 5.91 Å². The summed E-state index contributed by atoms with van der Waals surface area (Å²) in [4.78, 5) is 11.5. The van der Waals surface area contributed by atoms with Crippen molar-refractivity contribution >= 4 is 17.5 Å². The molecular weight excluding hydrogens is 214 g/mol. The van der Waals surface area contributed by atoms with Crippen molar-refractivity contribution in [3.05, 3.63) is 34.3 Å². The molecule has 0 unspecified atom stereocenters. The van der Waals surface area contributed by atoms with E-state index in [2.05, 4.69) is 5.32 Å². The highest BCUT2D eigenvalue weighted by atomic mass is 35.5. The molecule has 0 radical (unpaired) electrons. The zero-order valence-electron chi connectivity index (χ0n) is 8.75. The quantitative estimate of drug-likeness (QED) is 0.827. The first-order valence-electron chi connectivity index (χ1n) is 4.73. The van der Waals surface area contributed by atoms with E-state index in [0.29, 0.717) is 10.6 Å². The van der Waals surface area contributed by atoms with Crippen molar-refractivity contribution in [2.75, 3.05) is 6.54 Å². The first kappa shape index (κ1) is 12.0. The molecule has 1 aromatic rings. The lowest BCUT2D eigenvalue weighted by atomic mass is 10.1. The second kappa shape index (κ2) is 5.14. The van der Waals surface area contributed by atoms with Crippen LogP contribution in [0.5, 0.6) is 0 Å². The van der Waals surface area contributed by atoms with Gasteiger partial charge in [0.1, 0.15) is 0 Å². The van der Waals surface area contributed by atoms with E-state index in [1.54, 1.807) is 25.1 Å². The van der Waals surface area contributed by atoms with E-state index >= 15 is 0 Å². The number of rotatable bonds is 3. The number of halogens is 1. The van der Waals surface area contributed by atoms with Crippen LogP contribution in [-0.2, 0) is 0 Å². The van der Waals surface area contributed by atoms with Crippen molar-refractivity contribution < 1.29 is 9.90 Å². The van der Waals surface area contributed by atoms with Gasteiger partial charge in [-0.15, -0.1) is 0 Å². The molecule has 0 saturated carbocycles. The molecule has 0 aliphatic heterocycles. The van der Waals surface area contributed by atoms with E-state index in [4.69, 9.17) is 16.7 Å². The van der Waals surface area contributed by atoms with Gasteiger partial charge >= 0.3 is 0 Å². The van der Waals surface area contributed by atoms with Crippen LogP contribution in [0.2, 0.25) is 5.02 Å². The molecule has 0 aromatic heterocycles. The Balaban J connectivity index is 2.70. The van der Waals surface area contributed by atoms with E-state index < -0.39 is 6.10 Å². The minimum atomic E-state index is -0.539. The van der Waals surface area contributed by atoms with Crippen molar-refractivity contribution in [2.24, 2.45) is 0 Å². The molecule has 0 heterocycles. The number of aliphatic hydroxyl groups is 1. The van der Waals surface area contributed by atoms with Crippen molar-refractivity contribution in [1.29, 1.82) is 0 Å². The number of aryl methyl sites for hydroxylation is 1. The average molecular weight is 228 g/mol. The Morgan fingerprint density at radius 2 is 2.27 bits per heavy atom. The van der Waals surface area contributed by atoms with Crippen LogP contribution in [-0.4, -0.2) is 23.7 Å². The van der Waals surface area contributed by atoms with Crippen molar-refractivity contribution in [3.63, 3.8) is 0 Å². The highest BCUT2D eigenvalue weighted by Crippen LogP contribution is 2.16. The number of hydrogen-bond acceptors (Lipinski definition) is 2. The standard InChI is InChI=1S/C11H14ClNO2/c1-7-5-9(3-4-10(7)12)11(15)13-6-8(2)14/h3-5,8,14H,6H2,1-2H3,(H,13,15)/t8-/m1/s1. The summed E-state index contributed by atoms with van der Waals surface area (Å²) in [6.07, 6.45) is -0.539. The maximum atomic E-state index is 11.5. The number of carbonyl (C=O) groups excluding carboxylic acids is 1. The molecule has 2 N–H and O–H groups in total. The highest BCUT2D eigenvalue weighted by Gasteiger charge is 2.07. The zero-order valence-corrected chi connectivity index (χ0v) is 9.51. The number of benzene rings is 1. The van der Waals surface area contributed by atoms with Crippen LogP contribution in [0.1, 0.15) is 22.8 Å². The smallest absolute Gasteiger partial charge is 0.251 e. The SMILES string of the molecule is Cc1cc(C(=O)NC[C@@H](C)O)ccc1Cl. The van der Waals surface area contributed by atoms with Gasteiger partial charge in [-0.2, -0.15) is 0 Å². The van der Waals surface area contributed by atoms with Gasteiger partial charge in [-0.25, -0.2) is 0 Å². The molecule has 1 rings (SSSR count). The summed E-state index contributed by atoms with van der Waals surface area (Å²) in [6.45, 7) is 3.71. The summed E-state index contributed by atoms with van der Waals surface area (Å²) < 4.78 is 0. The first-order valence-corrected chi connectivity index (χ1v) is 5.11. The second-order valence-electron chi connectivity index (χ2n) is 3.52. The second-order valence-corrected chi connectivity index (χ2v) is 3.93. The fourth-order valence-corrected chi connectivity index (χ4v) is 1.25. The highest BCUT2D eigenvalue weighted by molar-refractivity contribution is 6.31. The Labute approximate surface area is 94.1 Å². The van der Waals surface area contributed by atoms with Crippen LogP contribution in [0.3, 0.4) is 0 Å². The lowest BCUT2D eigenvalue weighted by Gasteiger charge is -2.07. The summed E-state index contributed by atoms with van der Waals surface area (Å²) in [6, 6.07) is 5.07. The fourth-order valence-electron chi connectivity index (χ4n) is 1.13. The van der Waals surface area contributed by atoms with Gasteiger partial charge in [-0.1, -0.05) is 11.6 Å². The molecule has 3 nitrogen and oxygen atoms in total. The summed E-state index contributed by atoms with van der Waals surface area (Å²) in [7, 11) is 0. The molecule has 0 spiro atoms. The minimum absolute atomic E-state index is 0.198. The van der Waals surface area contributed by atoms with Gasteiger partial charge in [0, 0.05) is 17.1 Å². The maximum Gasteiger partial charge on any atom is 0.251 e. The third-order valence-electron chi connectivity index (χ3n) is 1.98. The van der Waals surface area contributed by atoms with Crippen molar-refractivity contribution in [2.45, 2.75) is 20.0 Å². The van der Waals surface area contributed by atoms with Crippen LogP contribution in [0, 0.1) is 6.92 Å². The Morgan fingerprint density at radius 3 is 2.80 bits per heavy atom. The molecule has 0 aliphatic rings. The molecule has 1 amide bonds. The van der Waals surface area contributed by atoms with Crippen LogP contribution >= 0.6 is 11.6 Å². The van der Waals surface area contributed by atoms with Gasteiger partial charge in [0.05, 0.1) is 6.10 Å². The molecule has 82 valence electrons. The van der Waals surface area contributed by atoms with E-state index in [0.717, 1.165) is 5.56 Å². The Hall–Kier alpha value is -1.06. The lowest BCUT2D eigenvalue weighted by Crippen LogP contribution is -2.30. The third kappa shape index (κ3) is 3.53. The van der Waals surface area contributed by atoms with Gasteiger partial charge in [-0.05, 0) is 37.6 Å². The predicted molar refractivity (Wildman–Crippen MR) is 60.2 cm³/mol. The third-order valence-corrected chi connectivity index (χ3v) is 2.40. The lowest BCUT2D eigenvalue weighted by molar-refractivity contribution is 0.0924. The van der Waals surface area contributed by atoms with Crippen molar-refractivity contribution in [1.82, 2.24) is 5.32 Å². The number of hydrogen-bond donors (Lipinski definition) is 2. The molecule has 0 fully saturated rings. The van der Waals surface area contributed by atoms with E-state index in [9.17, 15) is 4.79 Å². The van der Waals surface area contributed by atoms with Gasteiger partial charge < -0.3 is 10.4 Å². The molecule has 0 bridgehead atoms. The molecular formula is C11H14ClNO2. The monoisotopic (exact) mass is 227 g/mol. The van der Waals surface area contributed by atoms with Crippen LogP contribution in [0.4, 0.5) is 0 Å². The zero-order chi connectivity index (χ0) is 11.4. The largest absolute Gasteiger partial charge is 0.392 e. The molecule has 4 heteroatoms. The minimum Gasteiger partial charge on any atom is -0.392 e. The van der Waals surface area contributed by atoms with Crippen LogP contribution in [0.15, 0.2) is 18.2 Å². The van der Waals surface area contributed by atoms with E-state index in [1.807, 2.05) is 6.92 Å². The number of carbonyl (C=O) groups is 1. The number of amides is 1. The topological polar surface area (TPSA) is 49.3 Å². The molecule has 1 aromatic carbocycles. The fraction of sp³-hybridized carbons (Fsp3) is 0.364. The predicted octanol–water partition coefficient (Wildman–Crippen LogP) is 1.76. The normalized spacial score (nSPS) is 12.3. The number of nitrogens with one attached hydrogen (secondary N) is 1. The van der Waals surface area contributed by atoms with Gasteiger partial charge in [-0.3, -0.25) is 4.79 Å². The summed E-state index contributed by atoms with van der Waals surface area (Å²) in [5.41, 5.74) is 1.42. The van der Waals surface area contributed by atoms with Gasteiger partial charge in [0.15, 0.2) is 0 Å². The average Bonchev–Trinajstić information content (AvgIpc) is 2.18. The molecule has 15 heavy (non-hydrogen) atoms. The Kier molecular flexibility index (Phi) is 4.12. The summed E-state index contributed by atoms with van der Waals surface area (Å²) in [5, 5.41) is 12.3. The Morgan fingerprint density at radius 1 is 1.60 bits per heavy atom. The summed E-state index contributed by atoms with van der Waals surface area (Å²) >= 11 is 5.84.